The van der Waals surface area contributed by atoms with Crippen molar-refractivity contribution in [3.8, 4) is 0 Å². The van der Waals surface area contributed by atoms with E-state index in [0.717, 1.165) is 6.42 Å². The van der Waals surface area contributed by atoms with Crippen molar-refractivity contribution in [2.24, 2.45) is 0 Å². The Labute approximate surface area is 66.3 Å². The molecule has 0 amide bonds. The van der Waals surface area contributed by atoms with Crippen LogP contribution in [0.2, 0.25) is 0 Å². The molecule has 2 heterocycles. The first-order valence-corrected chi connectivity index (χ1v) is 4.16. The molecule has 11 heavy (non-hydrogen) atoms. The van der Waals surface area contributed by atoms with E-state index >= 15 is 0 Å². The van der Waals surface area contributed by atoms with Gasteiger partial charge >= 0.3 is 0 Å². The lowest BCUT2D eigenvalue weighted by Gasteiger charge is -1.98. The Balaban J connectivity index is 1.89. The summed E-state index contributed by atoms with van der Waals surface area (Å²) in [5, 5.41) is 8.75. The lowest BCUT2D eigenvalue weighted by molar-refractivity contribution is 0.228. The van der Waals surface area contributed by atoms with Crippen LogP contribution in [-0.4, -0.2) is 35.6 Å². The van der Waals surface area contributed by atoms with Crippen LogP contribution < -0.4 is 0 Å². The molecular weight excluding hydrogens is 144 g/mol. The minimum absolute atomic E-state index is 0.0385. The summed E-state index contributed by atoms with van der Waals surface area (Å²) in [6.07, 6.45) is 1.58. The molecule has 0 bridgehead atoms. The van der Waals surface area contributed by atoms with E-state index in [4.69, 9.17) is 14.6 Å². The molecule has 0 aromatic heterocycles. The predicted octanol–water partition coefficient (Wildman–Crippen LogP) is 0.314. The quantitative estimate of drug-likeness (QED) is 0.601. The van der Waals surface area contributed by atoms with Crippen LogP contribution >= 0.6 is 0 Å². The van der Waals surface area contributed by atoms with Crippen LogP contribution in [0.3, 0.4) is 0 Å². The zero-order valence-corrected chi connectivity index (χ0v) is 6.91. The Morgan fingerprint density at radius 2 is 2.27 bits per heavy atom. The third kappa shape index (κ3) is 0.991. The number of ether oxygens (including phenoxy) is 2. The number of aliphatic hydroxyl groups excluding tert-OH is 1. The monoisotopic (exact) mass is 158 g/mol. The number of rotatable bonds is 3. The molecule has 0 aromatic carbocycles. The summed E-state index contributed by atoms with van der Waals surface area (Å²) in [6, 6.07) is 0. The maximum absolute atomic E-state index is 8.75. The van der Waals surface area contributed by atoms with E-state index in [0.29, 0.717) is 6.10 Å². The second kappa shape index (κ2) is 2.19. The SMILES string of the molecule is CC[C@H]1O[C@]1(C)C1OC1CO. The largest absolute Gasteiger partial charge is 0.394 e. The predicted molar refractivity (Wildman–Crippen MR) is 39.3 cm³/mol. The molecule has 0 aromatic rings. The summed E-state index contributed by atoms with van der Waals surface area (Å²) in [7, 11) is 0. The van der Waals surface area contributed by atoms with Gasteiger partial charge in [-0.3, -0.25) is 0 Å². The maximum atomic E-state index is 8.75. The summed E-state index contributed by atoms with van der Waals surface area (Å²) in [5.74, 6) is 0. The Kier molecular flexibility index (Phi) is 1.50. The van der Waals surface area contributed by atoms with Crippen molar-refractivity contribution < 1.29 is 14.6 Å². The topological polar surface area (TPSA) is 45.3 Å². The molecule has 2 unspecified atom stereocenters. The van der Waals surface area contributed by atoms with E-state index in [1.807, 2.05) is 0 Å². The summed E-state index contributed by atoms with van der Waals surface area (Å²) >= 11 is 0. The van der Waals surface area contributed by atoms with Crippen LogP contribution in [0.25, 0.3) is 0 Å². The smallest absolute Gasteiger partial charge is 0.121 e. The third-order valence-electron chi connectivity index (χ3n) is 2.68. The number of aliphatic hydroxyl groups is 1. The van der Waals surface area contributed by atoms with Gasteiger partial charge < -0.3 is 14.6 Å². The molecule has 0 radical (unpaired) electrons. The van der Waals surface area contributed by atoms with Gasteiger partial charge in [-0.05, 0) is 13.3 Å². The van der Waals surface area contributed by atoms with Crippen molar-refractivity contribution in [3.05, 3.63) is 0 Å². The van der Waals surface area contributed by atoms with E-state index < -0.39 is 0 Å². The highest BCUT2D eigenvalue weighted by Crippen LogP contribution is 2.49. The Morgan fingerprint density at radius 3 is 2.64 bits per heavy atom. The molecule has 2 aliphatic heterocycles. The Morgan fingerprint density at radius 1 is 1.55 bits per heavy atom. The fourth-order valence-electron chi connectivity index (χ4n) is 1.80. The first-order valence-electron chi connectivity index (χ1n) is 4.16. The summed E-state index contributed by atoms with van der Waals surface area (Å²) in [6.45, 7) is 4.29. The van der Waals surface area contributed by atoms with Crippen molar-refractivity contribution in [3.63, 3.8) is 0 Å². The highest BCUT2D eigenvalue weighted by molar-refractivity contribution is 5.12. The van der Waals surface area contributed by atoms with Crippen molar-refractivity contribution >= 4 is 0 Å². The number of hydrogen-bond acceptors (Lipinski definition) is 3. The molecule has 1 N–H and O–H groups in total. The van der Waals surface area contributed by atoms with Crippen molar-refractivity contribution in [2.75, 3.05) is 6.61 Å². The standard InChI is InChI=1S/C8H14O3/c1-3-6-8(2,11-6)7-5(4-9)10-7/h5-7,9H,3-4H2,1-2H3/t5?,6-,7?,8+/m1/s1. The van der Waals surface area contributed by atoms with Crippen molar-refractivity contribution in [1.82, 2.24) is 0 Å². The molecule has 3 heteroatoms. The van der Waals surface area contributed by atoms with Crippen LogP contribution in [-0.2, 0) is 9.47 Å². The van der Waals surface area contributed by atoms with E-state index in [-0.39, 0.29) is 24.4 Å². The molecule has 2 rings (SSSR count). The molecule has 4 atom stereocenters. The first-order chi connectivity index (χ1) is 5.22. The van der Waals surface area contributed by atoms with E-state index in [2.05, 4.69) is 13.8 Å². The van der Waals surface area contributed by atoms with Gasteiger partial charge in [0.05, 0.1) is 12.7 Å². The second-order valence-electron chi connectivity index (χ2n) is 3.48. The zero-order valence-electron chi connectivity index (χ0n) is 6.91. The molecule has 0 aliphatic carbocycles. The summed E-state index contributed by atoms with van der Waals surface area (Å²) in [4.78, 5) is 0. The fourth-order valence-corrected chi connectivity index (χ4v) is 1.80. The van der Waals surface area contributed by atoms with Gasteiger partial charge in [-0.25, -0.2) is 0 Å². The second-order valence-corrected chi connectivity index (χ2v) is 3.48. The number of hydrogen-bond donors (Lipinski definition) is 1. The Hall–Kier alpha value is -0.120. The third-order valence-corrected chi connectivity index (χ3v) is 2.68. The minimum atomic E-state index is -0.0812. The van der Waals surface area contributed by atoms with Gasteiger partial charge in [0.2, 0.25) is 0 Å². The van der Waals surface area contributed by atoms with Gasteiger partial charge in [0.15, 0.2) is 0 Å². The highest BCUT2D eigenvalue weighted by Gasteiger charge is 2.65. The molecular formula is C8H14O3. The van der Waals surface area contributed by atoms with Gasteiger partial charge in [0.1, 0.15) is 17.8 Å². The molecule has 0 spiro atoms. The molecule has 0 saturated carbocycles. The zero-order chi connectivity index (χ0) is 8.06. The average molecular weight is 158 g/mol. The fraction of sp³-hybridized carbons (Fsp3) is 1.00. The van der Waals surface area contributed by atoms with Crippen LogP contribution in [0, 0.1) is 0 Å². The lowest BCUT2D eigenvalue weighted by atomic mass is 10.0. The van der Waals surface area contributed by atoms with E-state index in [1.165, 1.54) is 0 Å². The number of epoxide rings is 2. The molecule has 2 saturated heterocycles. The van der Waals surface area contributed by atoms with Gasteiger partial charge in [0.25, 0.3) is 0 Å². The summed E-state index contributed by atoms with van der Waals surface area (Å²) in [5.41, 5.74) is -0.0812. The average Bonchev–Trinajstić information content (AvgIpc) is 2.82. The van der Waals surface area contributed by atoms with Crippen LogP contribution in [0.5, 0.6) is 0 Å². The van der Waals surface area contributed by atoms with Gasteiger partial charge in [-0.15, -0.1) is 0 Å². The van der Waals surface area contributed by atoms with Gasteiger partial charge in [-0.2, -0.15) is 0 Å². The van der Waals surface area contributed by atoms with Crippen LogP contribution in [0.1, 0.15) is 20.3 Å². The minimum Gasteiger partial charge on any atom is -0.394 e. The van der Waals surface area contributed by atoms with Crippen LogP contribution in [0.4, 0.5) is 0 Å². The van der Waals surface area contributed by atoms with Crippen molar-refractivity contribution in [2.45, 2.75) is 44.2 Å². The molecule has 64 valence electrons. The first kappa shape index (κ1) is 7.53. The molecule has 2 fully saturated rings. The lowest BCUT2D eigenvalue weighted by Crippen LogP contribution is -2.21. The normalized spacial score (nSPS) is 54.3. The van der Waals surface area contributed by atoms with Gasteiger partial charge in [0, 0.05) is 0 Å². The molecule has 2 aliphatic rings. The summed E-state index contributed by atoms with van der Waals surface area (Å²) < 4.78 is 10.7. The maximum Gasteiger partial charge on any atom is 0.121 e. The highest BCUT2D eigenvalue weighted by atomic mass is 16.7. The van der Waals surface area contributed by atoms with E-state index in [1.54, 1.807) is 0 Å². The van der Waals surface area contributed by atoms with E-state index in [9.17, 15) is 0 Å². The Bertz CT molecular complexity index is 171. The van der Waals surface area contributed by atoms with Crippen LogP contribution in [0.15, 0.2) is 0 Å². The van der Waals surface area contributed by atoms with Crippen molar-refractivity contribution in [1.29, 1.82) is 0 Å². The van der Waals surface area contributed by atoms with Gasteiger partial charge in [-0.1, -0.05) is 6.92 Å². The molecule has 3 nitrogen and oxygen atoms in total.